The van der Waals surface area contributed by atoms with Crippen molar-refractivity contribution in [1.29, 1.82) is 0 Å². The highest BCUT2D eigenvalue weighted by Gasteiger charge is 2.06. The zero-order valence-corrected chi connectivity index (χ0v) is 14.3. The molecular weight excluding hydrogens is 375 g/mol. The number of nitrogens with one attached hydrogen (secondary N) is 2. The Hall–Kier alpha value is -1.56. The highest BCUT2D eigenvalue weighted by molar-refractivity contribution is 14.1. The lowest BCUT2D eigenvalue weighted by atomic mass is 10.1. The second-order valence-corrected chi connectivity index (χ2v) is 6.15. The minimum Gasteiger partial charge on any atom is -0.378 e. The molecule has 0 aromatic heterocycles. The number of carbonyl (C=O) groups excluding carboxylic acids is 1. The molecule has 0 fully saturated rings. The summed E-state index contributed by atoms with van der Waals surface area (Å²) < 4.78 is 1.23. The van der Waals surface area contributed by atoms with Crippen LogP contribution in [0.15, 0.2) is 48.5 Å². The Morgan fingerprint density at radius 3 is 2.48 bits per heavy atom. The van der Waals surface area contributed by atoms with Crippen LogP contribution in [0.4, 0.5) is 11.4 Å². The fourth-order valence-electron chi connectivity index (χ4n) is 2.02. The molecule has 0 heterocycles. The summed E-state index contributed by atoms with van der Waals surface area (Å²) >= 11 is 2.30. The molecule has 2 aromatic rings. The molecule has 110 valence electrons. The van der Waals surface area contributed by atoms with Crippen LogP contribution < -0.4 is 10.6 Å². The summed E-state index contributed by atoms with van der Waals surface area (Å²) in [6, 6.07) is 16.5. The Morgan fingerprint density at radius 1 is 1.14 bits per heavy atom. The van der Waals surface area contributed by atoms with Crippen molar-refractivity contribution in [3.63, 3.8) is 0 Å². The molecule has 4 heteroatoms. The maximum atomic E-state index is 11.4. The first-order valence-corrected chi connectivity index (χ1v) is 8.08. The van der Waals surface area contributed by atoms with Crippen LogP contribution in [-0.4, -0.2) is 5.91 Å². The number of rotatable bonds is 5. The van der Waals surface area contributed by atoms with Gasteiger partial charge in [-0.3, -0.25) is 4.79 Å². The van der Waals surface area contributed by atoms with Crippen LogP contribution in [0.2, 0.25) is 0 Å². The average molecular weight is 394 g/mol. The van der Waals surface area contributed by atoms with Crippen molar-refractivity contribution in [3.8, 4) is 0 Å². The largest absolute Gasteiger partial charge is 0.378 e. The Morgan fingerprint density at radius 2 is 1.81 bits per heavy atom. The Balaban J connectivity index is 2.06. The van der Waals surface area contributed by atoms with Gasteiger partial charge in [0.2, 0.25) is 5.91 Å². The Labute approximate surface area is 139 Å². The molecular formula is C17H19IN2O. The summed E-state index contributed by atoms with van der Waals surface area (Å²) in [6.07, 6.45) is 0.483. The van der Waals surface area contributed by atoms with Crippen molar-refractivity contribution in [2.45, 2.75) is 26.3 Å². The molecule has 2 N–H and O–H groups in total. The first kappa shape index (κ1) is 15.8. The van der Waals surface area contributed by atoms with Gasteiger partial charge >= 0.3 is 0 Å². The summed E-state index contributed by atoms with van der Waals surface area (Å²) in [6.45, 7) is 3.97. The average Bonchev–Trinajstić information content (AvgIpc) is 2.48. The third kappa shape index (κ3) is 4.74. The standard InChI is InChI=1S/C17H19IN2O/c1-3-17(21)20-16-6-4-5-15(11-16)19-12(2)13-7-9-14(18)10-8-13/h4-12,19H,3H2,1-2H3,(H,20,21). The molecule has 1 atom stereocenters. The number of carbonyl (C=O) groups is 1. The van der Waals surface area contributed by atoms with Gasteiger partial charge in [-0.1, -0.05) is 25.1 Å². The van der Waals surface area contributed by atoms with E-state index in [0.29, 0.717) is 6.42 Å². The van der Waals surface area contributed by atoms with E-state index in [2.05, 4.69) is 64.4 Å². The van der Waals surface area contributed by atoms with Crippen molar-refractivity contribution >= 4 is 39.9 Å². The quantitative estimate of drug-likeness (QED) is 0.715. The van der Waals surface area contributed by atoms with Gasteiger partial charge < -0.3 is 10.6 Å². The third-order valence-electron chi connectivity index (χ3n) is 3.22. The number of anilines is 2. The van der Waals surface area contributed by atoms with Gasteiger partial charge in [0.25, 0.3) is 0 Å². The number of halogens is 1. The van der Waals surface area contributed by atoms with Crippen molar-refractivity contribution in [2.24, 2.45) is 0 Å². The lowest BCUT2D eigenvalue weighted by Gasteiger charge is -2.16. The first-order valence-electron chi connectivity index (χ1n) is 7.00. The highest BCUT2D eigenvalue weighted by atomic mass is 127. The normalized spacial score (nSPS) is 11.8. The second kappa shape index (κ2) is 7.45. The maximum Gasteiger partial charge on any atom is 0.224 e. The Kier molecular flexibility index (Phi) is 5.61. The predicted molar refractivity (Wildman–Crippen MR) is 96.6 cm³/mol. The van der Waals surface area contributed by atoms with Crippen LogP contribution in [0.5, 0.6) is 0 Å². The highest BCUT2D eigenvalue weighted by Crippen LogP contribution is 2.22. The van der Waals surface area contributed by atoms with Gasteiger partial charge in [-0.25, -0.2) is 0 Å². The molecule has 0 spiro atoms. The second-order valence-electron chi connectivity index (χ2n) is 4.90. The van der Waals surface area contributed by atoms with Gasteiger partial charge in [0.1, 0.15) is 0 Å². The van der Waals surface area contributed by atoms with Crippen LogP contribution in [-0.2, 0) is 4.79 Å². The van der Waals surface area contributed by atoms with Crippen LogP contribution >= 0.6 is 22.6 Å². The molecule has 0 aliphatic carbocycles. The summed E-state index contributed by atoms with van der Waals surface area (Å²) in [7, 11) is 0. The van der Waals surface area contributed by atoms with Crippen LogP contribution in [0.3, 0.4) is 0 Å². The van der Waals surface area contributed by atoms with E-state index in [0.717, 1.165) is 11.4 Å². The van der Waals surface area contributed by atoms with E-state index >= 15 is 0 Å². The predicted octanol–water partition coefficient (Wildman–Crippen LogP) is 4.81. The monoisotopic (exact) mass is 394 g/mol. The topological polar surface area (TPSA) is 41.1 Å². The van der Waals surface area contributed by atoms with Crippen molar-refractivity contribution in [2.75, 3.05) is 10.6 Å². The summed E-state index contributed by atoms with van der Waals surface area (Å²) in [5.74, 6) is 0.0258. The zero-order valence-electron chi connectivity index (χ0n) is 12.2. The molecule has 1 amide bonds. The molecule has 0 saturated heterocycles. The van der Waals surface area contributed by atoms with Gasteiger partial charge in [0, 0.05) is 27.4 Å². The van der Waals surface area contributed by atoms with E-state index in [1.807, 2.05) is 31.2 Å². The molecule has 3 nitrogen and oxygen atoms in total. The SMILES string of the molecule is CCC(=O)Nc1cccc(NC(C)c2ccc(I)cc2)c1. The number of hydrogen-bond acceptors (Lipinski definition) is 2. The van der Waals surface area contributed by atoms with Gasteiger partial charge in [-0.2, -0.15) is 0 Å². The summed E-state index contributed by atoms with van der Waals surface area (Å²) in [4.78, 5) is 11.4. The van der Waals surface area contributed by atoms with Gasteiger partial charge in [-0.05, 0) is 65.4 Å². The van der Waals surface area contributed by atoms with Gasteiger partial charge in [0.15, 0.2) is 0 Å². The van der Waals surface area contributed by atoms with E-state index in [4.69, 9.17) is 0 Å². The van der Waals surface area contributed by atoms with E-state index in [9.17, 15) is 4.79 Å². The molecule has 21 heavy (non-hydrogen) atoms. The number of hydrogen-bond donors (Lipinski definition) is 2. The molecule has 0 radical (unpaired) electrons. The fourth-order valence-corrected chi connectivity index (χ4v) is 2.38. The number of amides is 1. The summed E-state index contributed by atoms with van der Waals surface area (Å²) in [5, 5.41) is 6.33. The molecule has 0 saturated carbocycles. The maximum absolute atomic E-state index is 11.4. The fraction of sp³-hybridized carbons (Fsp3) is 0.235. The van der Waals surface area contributed by atoms with E-state index in [1.165, 1.54) is 9.13 Å². The molecule has 0 aliphatic heterocycles. The van der Waals surface area contributed by atoms with Crippen LogP contribution in [0.1, 0.15) is 31.9 Å². The van der Waals surface area contributed by atoms with Gasteiger partial charge in [-0.15, -0.1) is 0 Å². The molecule has 2 aromatic carbocycles. The van der Waals surface area contributed by atoms with E-state index in [1.54, 1.807) is 0 Å². The van der Waals surface area contributed by atoms with E-state index < -0.39 is 0 Å². The minimum atomic E-state index is 0.0258. The van der Waals surface area contributed by atoms with Gasteiger partial charge in [0.05, 0.1) is 0 Å². The van der Waals surface area contributed by atoms with Crippen LogP contribution in [0, 0.1) is 3.57 Å². The van der Waals surface area contributed by atoms with Crippen LogP contribution in [0.25, 0.3) is 0 Å². The van der Waals surface area contributed by atoms with Crippen molar-refractivity contribution in [3.05, 3.63) is 57.7 Å². The molecule has 0 bridgehead atoms. The molecule has 1 unspecified atom stereocenters. The first-order chi connectivity index (χ1) is 10.1. The third-order valence-corrected chi connectivity index (χ3v) is 3.94. The zero-order chi connectivity index (χ0) is 15.2. The van der Waals surface area contributed by atoms with Crippen molar-refractivity contribution < 1.29 is 4.79 Å². The Bertz CT molecular complexity index is 610. The number of benzene rings is 2. The van der Waals surface area contributed by atoms with Crippen molar-refractivity contribution in [1.82, 2.24) is 0 Å². The lowest BCUT2D eigenvalue weighted by Crippen LogP contribution is -2.10. The van der Waals surface area contributed by atoms with E-state index in [-0.39, 0.29) is 11.9 Å². The lowest BCUT2D eigenvalue weighted by molar-refractivity contribution is -0.115. The minimum absolute atomic E-state index is 0.0258. The smallest absolute Gasteiger partial charge is 0.224 e. The summed E-state index contributed by atoms with van der Waals surface area (Å²) in [5.41, 5.74) is 3.05. The molecule has 2 rings (SSSR count). The molecule has 0 aliphatic rings.